The summed E-state index contributed by atoms with van der Waals surface area (Å²) in [7, 11) is 0. The lowest BCUT2D eigenvalue weighted by molar-refractivity contribution is 0.0947. The Balaban J connectivity index is 1.77. The van der Waals surface area contributed by atoms with Gasteiger partial charge in [-0.05, 0) is 31.5 Å². The number of hydrogen-bond donors (Lipinski definition) is 2. The van der Waals surface area contributed by atoms with Gasteiger partial charge in [-0.1, -0.05) is 18.2 Å². The molecule has 0 aliphatic heterocycles. The summed E-state index contributed by atoms with van der Waals surface area (Å²) in [5, 5.41) is 8.74. The SMILES string of the molecule is CCN(CCCNC(=O)c1ccc(=O)[nH]n1)c1ccccc1. The quantitative estimate of drug-likeness (QED) is 0.758. The van der Waals surface area contributed by atoms with Crippen molar-refractivity contribution in [3.63, 3.8) is 0 Å². The molecule has 2 aromatic rings. The highest BCUT2D eigenvalue weighted by atomic mass is 16.2. The number of amides is 1. The summed E-state index contributed by atoms with van der Waals surface area (Å²) in [6.45, 7) is 4.44. The average molecular weight is 300 g/mol. The molecule has 1 heterocycles. The summed E-state index contributed by atoms with van der Waals surface area (Å²) in [5.74, 6) is -0.279. The maximum absolute atomic E-state index is 11.8. The van der Waals surface area contributed by atoms with Crippen LogP contribution in [0.1, 0.15) is 23.8 Å². The van der Waals surface area contributed by atoms with Crippen molar-refractivity contribution in [1.82, 2.24) is 15.5 Å². The molecular weight excluding hydrogens is 280 g/mol. The molecule has 22 heavy (non-hydrogen) atoms. The lowest BCUT2D eigenvalue weighted by atomic mass is 10.2. The summed E-state index contributed by atoms with van der Waals surface area (Å²) in [6, 6.07) is 12.9. The molecule has 0 spiro atoms. The van der Waals surface area contributed by atoms with Crippen LogP contribution in [0.15, 0.2) is 47.3 Å². The third-order valence-corrected chi connectivity index (χ3v) is 3.31. The van der Waals surface area contributed by atoms with E-state index >= 15 is 0 Å². The van der Waals surface area contributed by atoms with E-state index in [4.69, 9.17) is 0 Å². The van der Waals surface area contributed by atoms with Crippen LogP contribution in [0, 0.1) is 0 Å². The highest BCUT2D eigenvalue weighted by molar-refractivity contribution is 5.91. The molecule has 0 fully saturated rings. The number of carbonyl (C=O) groups excluding carboxylic acids is 1. The van der Waals surface area contributed by atoms with E-state index in [-0.39, 0.29) is 17.2 Å². The van der Waals surface area contributed by atoms with Gasteiger partial charge in [0.2, 0.25) is 0 Å². The van der Waals surface area contributed by atoms with Crippen molar-refractivity contribution in [3.05, 3.63) is 58.5 Å². The van der Waals surface area contributed by atoms with Crippen LogP contribution in [0.2, 0.25) is 0 Å². The van der Waals surface area contributed by atoms with Gasteiger partial charge in [0, 0.05) is 31.4 Å². The topological polar surface area (TPSA) is 78.1 Å². The van der Waals surface area contributed by atoms with Gasteiger partial charge >= 0.3 is 0 Å². The Morgan fingerprint density at radius 1 is 1.23 bits per heavy atom. The standard InChI is InChI=1S/C16H20N4O2/c1-2-20(13-7-4-3-5-8-13)12-6-11-17-16(22)14-9-10-15(21)19-18-14/h3-5,7-10H,2,6,11-12H2,1H3,(H,17,22)(H,19,21). The van der Waals surface area contributed by atoms with Gasteiger partial charge in [-0.25, -0.2) is 5.10 Å². The van der Waals surface area contributed by atoms with Crippen molar-refractivity contribution in [1.29, 1.82) is 0 Å². The first-order valence-electron chi connectivity index (χ1n) is 7.34. The Labute approximate surface area is 129 Å². The predicted molar refractivity (Wildman–Crippen MR) is 86.1 cm³/mol. The first kappa shape index (κ1) is 15.8. The number of hydrogen-bond acceptors (Lipinski definition) is 4. The first-order valence-corrected chi connectivity index (χ1v) is 7.34. The Morgan fingerprint density at radius 3 is 2.64 bits per heavy atom. The molecule has 0 atom stereocenters. The van der Waals surface area contributed by atoms with Gasteiger partial charge in [-0.2, -0.15) is 5.10 Å². The molecule has 0 saturated carbocycles. The maximum atomic E-state index is 11.8. The van der Waals surface area contributed by atoms with Crippen LogP contribution in [-0.4, -0.2) is 35.7 Å². The zero-order chi connectivity index (χ0) is 15.8. The van der Waals surface area contributed by atoms with Gasteiger partial charge in [0.25, 0.3) is 11.5 Å². The van der Waals surface area contributed by atoms with Crippen LogP contribution in [-0.2, 0) is 0 Å². The van der Waals surface area contributed by atoms with Crippen molar-refractivity contribution in [2.75, 3.05) is 24.5 Å². The molecule has 0 bridgehead atoms. The van der Waals surface area contributed by atoms with Crippen molar-refractivity contribution >= 4 is 11.6 Å². The lowest BCUT2D eigenvalue weighted by Gasteiger charge is -2.23. The molecule has 6 nitrogen and oxygen atoms in total. The molecule has 1 aromatic carbocycles. The number of nitrogens with one attached hydrogen (secondary N) is 2. The van der Waals surface area contributed by atoms with Gasteiger partial charge < -0.3 is 10.2 Å². The van der Waals surface area contributed by atoms with Gasteiger partial charge in [0.15, 0.2) is 0 Å². The number of anilines is 1. The van der Waals surface area contributed by atoms with E-state index in [0.717, 1.165) is 19.5 Å². The van der Waals surface area contributed by atoms with Crippen LogP contribution in [0.25, 0.3) is 0 Å². The third kappa shape index (κ3) is 4.44. The van der Waals surface area contributed by atoms with E-state index in [1.807, 2.05) is 18.2 Å². The predicted octanol–water partition coefficient (Wildman–Crippen LogP) is 1.42. The Morgan fingerprint density at radius 2 is 2.00 bits per heavy atom. The monoisotopic (exact) mass is 300 g/mol. The summed E-state index contributed by atoms with van der Waals surface area (Å²) in [4.78, 5) is 25.0. The van der Waals surface area contributed by atoms with Gasteiger partial charge in [-0.3, -0.25) is 9.59 Å². The lowest BCUT2D eigenvalue weighted by Crippen LogP contribution is -2.30. The molecular formula is C16H20N4O2. The summed E-state index contributed by atoms with van der Waals surface area (Å²) in [6.07, 6.45) is 0.831. The van der Waals surface area contributed by atoms with Crippen molar-refractivity contribution in [3.8, 4) is 0 Å². The van der Waals surface area contributed by atoms with Crippen molar-refractivity contribution < 1.29 is 4.79 Å². The second-order valence-electron chi connectivity index (χ2n) is 4.83. The van der Waals surface area contributed by atoms with Crippen LogP contribution in [0.4, 0.5) is 5.69 Å². The molecule has 0 aliphatic rings. The van der Waals surface area contributed by atoms with Crippen molar-refractivity contribution in [2.45, 2.75) is 13.3 Å². The maximum Gasteiger partial charge on any atom is 0.271 e. The number of benzene rings is 1. The Bertz CT molecular complexity index is 634. The van der Waals surface area contributed by atoms with Crippen LogP contribution >= 0.6 is 0 Å². The molecule has 1 aromatic heterocycles. The van der Waals surface area contributed by atoms with E-state index < -0.39 is 0 Å². The number of aromatic amines is 1. The molecule has 0 saturated heterocycles. The molecule has 2 rings (SSSR count). The average Bonchev–Trinajstić information content (AvgIpc) is 2.56. The Kier molecular flexibility index (Phi) is 5.71. The summed E-state index contributed by atoms with van der Waals surface area (Å²) in [5.41, 5.74) is 1.08. The number of nitrogens with zero attached hydrogens (tertiary/aromatic N) is 2. The Hall–Kier alpha value is -2.63. The number of para-hydroxylation sites is 1. The van der Waals surface area contributed by atoms with Gasteiger partial charge in [0.1, 0.15) is 5.69 Å². The second kappa shape index (κ2) is 7.97. The largest absolute Gasteiger partial charge is 0.372 e. The highest BCUT2D eigenvalue weighted by Gasteiger charge is 2.07. The van der Waals surface area contributed by atoms with Gasteiger partial charge in [-0.15, -0.1) is 0 Å². The molecule has 116 valence electrons. The number of carbonyl (C=O) groups is 1. The van der Waals surface area contributed by atoms with E-state index in [0.29, 0.717) is 6.54 Å². The number of rotatable bonds is 7. The van der Waals surface area contributed by atoms with E-state index in [1.165, 1.54) is 17.8 Å². The molecule has 0 aliphatic carbocycles. The smallest absolute Gasteiger partial charge is 0.271 e. The molecule has 2 N–H and O–H groups in total. The zero-order valence-corrected chi connectivity index (χ0v) is 12.6. The fourth-order valence-corrected chi connectivity index (χ4v) is 2.14. The van der Waals surface area contributed by atoms with Crippen LogP contribution < -0.4 is 15.8 Å². The van der Waals surface area contributed by atoms with Crippen LogP contribution in [0.5, 0.6) is 0 Å². The second-order valence-corrected chi connectivity index (χ2v) is 4.83. The molecule has 1 amide bonds. The minimum Gasteiger partial charge on any atom is -0.372 e. The van der Waals surface area contributed by atoms with E-state index in [1.54, 1.807) is 0 Å². The molecule has 0 radical (unpaired) electrons. The van der Waals surface area contributed by atoms with Gasteiger partial charge in [0.05, 0.1) is 0 Å². The number of H-pyrrole nitrogens is 1. The zero-order valence-electron chi connectivity index (χ0n) is 12.6. The normalized spacial score (nSPS) is 10.2. The summed E-state index contributed by atoms with van der Waals surface area (Å²) >= 11 is 0. The van der Waals surface area contributed by atoms with E-state index in [9.17, 15) is 9.59 Å². The minimum atomic E-state index is -0.321. The third-order valence-electron chi connectivity index (χ3n) is 3.31. The minimum absolute atomic E-state index is 0.218. The fourth-order valence-electron chi connectivity index (χ4n) is 2.14. The first-order chi connectivity index (χ1) is 10.7. The van der Waals surface area contributed by atoms with Crippen LogP contribution in [0.3, 0.4) is 0 Å². The highest BCUT2D eigenvalue weighted by Crippen LogP contribution is 2.12. The number of aromatic nitrogens is 2. The molecule has 6 heteroatoms. The molecule has 0 unspecified atom stereocenters. The van der Waals surface area contributed by atoms with E-state index in [2.05, 4.69) is 39.5 Å². The fraction of sp³-hybridized carbons (Fsp3) is 0.312. The van der Waals surface area contributed by atoms with Crippen molar-refractivity contribution in [2.24, 2.45) is 0 Å². The summed E-state index contributed by atoms with van der Waals surface area (Å²) < 4.78 is 0.